The first-order chi connectivity index (χ1) is 15.8. The van der Waals surface area contributed by atoms with Gasteiger partial charge in [0, 0.05) is 25.6 Å². The molecule has 1 atom stereocenters. The van der Waals surface area contributed by atoms with E-state index in [1.807, 2.05) is 67.9 Å². The number of amides is 1. The Kier molecular flexibility index (Phi) is 6.50. The fraction of sp³-hybridized carbons (Fsp3) is 0.385. The summed E-state index contributed by atoms with van der Waals surface area (Å²) in [4.78, 5) is 25.7. The summed E-state index contributed by atoms with van der Waals surface area (Å²) >= 11 is 6.39. The Morgan fingerprint density at radius 3 is 2.45 bits per heavy atom. The van der Waals surface area contributed by atoms with Crippen molar-refractivity contribution in [1.29, 1.82) is 0 Å². The van der Waals surface area contributed by atoms with Crippen LogP contribution in [0.15, 0.2) is 42.5 Å². The maximum atomic E-state index is 13.1. The van der Waals surface area contributed by atoms with E-state index in [4.69, 9.17) is 21.1 Å². The lowest BCUT2D eigenvalue weighted by Gasteiger charge is -2.35. The average molecular weight is 469 g/mol. The van der Waals surface area contributed by atoms with Crippen LogP contribution in [-0.2, 0) is 26.7 Å². The van der Waals surface area contributed by atoms with Gasteiger partial charge in [0.2, 0.25) is 0 Å². The van der Waals surface area contributed by atoms with Crippen LogP contribution in [0.25, 0.3) is 10.9 Å². The number of benzene rings is 2. The molecule has 4 rings (SSSR count). The summed E-state index contributed by atoms with van der Waals surface area (Å²) in [5.41, 5.74) is 3.70. The quantitative estimate of drug-likeness (QED) is 0.543. The third kappa shape index (κ3) is 4.25. The molecule has 6 nitrogen and oxygen atoms in total. The third-order valence-corrected chi connectivity index (χ3v) is 7.03. The number of ether oxygens (including phenoxy) is 2. The first-order valence-corrected chi connectivity index (χ1v) is 11.5. The van der Waals surface area contributed by atoms with Crippen molar-refractivity contribution in [3.8, 4) is 0 Å². The molecule has 0 spiro atoms. The van der Waals surface area contributed by atoms with E-state index in [1.54, 1.807) is 0 Å². The molecule has 1 N–H and O–H groups in total. The fourth-order valence-corrected chi connectivity index (χ4v) is 5.03. The standard InChI is InChI=1S/C26H29ClN2O4/c1-16-13-21(27)20-15-23(29(3)22(20)14-16)24(30)28-17(2)18-5-7-19(8-6-18)26(25(31)32-4)9-11-33-12-10-26/h5-8,13-15,17H,9-12H2,1-4H3,(H,28,30)/t17-/m1/s1. The van der Waals surface area contributed by atoms with E-state index in [9.17, 15) is 9.59 Å². The summed E-state index contributed by atoms with van der Waals surface area (Å²) in [6.45, 7) is 4.97. The number of nitrogens with one attached hydrogen (secondary N) is 1. The van der Waals surface area contributed by atoms with E-state index >= 15 is 0 Å². The first-order valence-electron chi connectivity index (χ1n) is 11.1. The Labute approximate surface area is 198 Å². The average Bonchev–Trinajstić information content (AvgIpc) is 3.15. The van der Waals surface area contributed by atoms with Gasteiger partial charge >= 0.3 is 5.97 Å². The van der Waals surface area contributed by atoms with Crippen LogP contribution >= 0.6 is 11.6 Å². The molecular formula is C26H29ClN2O4. The van der Waals surface area contributed by atoms with Crippen molar-refractivity contribution < 1.29 is 19.1 Å². The molecule has 0 bridgehead atoms. The highest BCUT2D eigenvalue weighted by Gasteiger charge is 2.42. The third-order valence-electron chi connectivity index (χ3n) is 6.72. The Morgan fingerprint density at radius 1 is 1.15 bits per heavy atom. The Morgan fingerprint density at radius 2 is 1.82 bits per heavy atom. The Balaban J connectivity index is 1.54. The molecule has 2 heterocycles. The minimum absolute atomic E-state index is 0.172. The molecule has 1 fully saturated rings. The second-order valence-electron chi connectivity index (χ2n) is 8.77. The molecule has 1 aliphatic rings. The van der Waals surface area contributed by atoms with Crippen LogP contribution in [-0.4, -0.2) is 36.8 Å². The molecule has 7 heteroatoms. The Bertz CT molecular complexity index is 1190. The molecule has 0 aliphatic carbocycles. The van der Waals surface area contributed by atoms with E-state index in [0.717, 1.165) is 27.6 Å². The van der Waals surface area contributed by atoms with Gasteiger partial charge in [-0.05, 0) is 61.6 Å². The molecular weight excluding hydrogens is 440 g/mol. The zero-order valence-corrected chi connectivity index (χ0v) is 20.2. The molecule has 1 aromatic heterocycles. The van der Waals surface area contributed by atoms with Crippen LogP contribution in [0.4, 0.5) is 0 Å². The van der Waals surface area contributed by atoms with Crippen molar-refractivity contribution in [2.24, 2.45) is 7.05 Å². The van der Waals surface area contributed by atoms with Gasteiger partial charge in [0.15, 0.2) is 0 Å². The highest BCUT2D eigenvalue weighted by molar-refractivity contribution is 6.35. The zero-order valence-electron chi connectivity index (χ0n) is 19.4. The topological polar surface area (TPSA) is 69.6 Å². The summed E-state index contributed by atoms with van der Waals surface area (Å²) in [5.74, 6) is -0.404. The normalized spacial score (nSPS) is 16.4. The molecule has 1 saturated heterocycles. The molecule has 0 unspecified atom stereocenters. The lowest BCUT2D eigenvalue weighted by atomic mass is 9.74. The number of rotatable bonds is 5. The maximum absolute atomic E-state index is 13.1. The SMILES string of the molecule is COC(=O)C1(c2ccc([C@@H](C)NC(=O)c3cc4c(Cl)cc(C)cc4n3C)cc2)CCOCC1. The monoisotopic (exact) mass is 468 g/mol. The number of hydrogen-bond donors (Lipinski definition) is 1. The molecule has 174 valence electrons. The van der Waals surface area contributed by atoms with Crippen molar-refractivity contribution in [1.82, 2.24) is 9.88 Å². The lowest BCUT2D eigenvalue weighted by Crippen LogP contribution is -2.42. The molecule has 0 saturated carbocycles. The summed E-state index contributed by atoms with van der Waals surface area (Å²) < 4.78 is 12.4. The van der Waals surface area contributed by atoms with Crippen molar-refractivity contribution >= 4 is 34.4 Å². The number of hydrogen-bond acceptors (Lipinski definition) is 4. The van der Waals surface area contributed by atoms with E-state index in [1.165, 1.54) is 7.11 Å². The molecule has 33 heavy (non-hydrogen) atoms. The maximum Gasteiger partial charge on any atom is 0.316 e. The number of aromatic nitrogens is 1. The second-order valence-corrected chi connectivity index (χ2v) is 9.18. The predicted molar refractivity (Wildman–Crippen MR) is 129 cm³/mol. The van der Waals surface area contributed by atoms with Gasteiger partial charge in [-0.25, -0.2) is 0 Å². The van der Waals surface area contributed by atoms with Gasteiger partial charge in [-0.1, -0.05) is 35.9 Å². The van der Waals surface area contributed by atoms with Gasteiger partial charge in [-0.2, -0.15) is 0 Å². The summed E-state index contributed by atoms with van der Waals surface area (Å²) in [5, 5.41) is 4.57. The van der Waals surface area contributed by atoms with Gasteiger partial charge in [0.25, 0.3) is 5.91 Å². The van der Waals surface area contributed by atoms with Crippen LogP contribution in [0, 0.1) is 6.92 Å². The summed E-state index contributed by atoms with van der Waals surface area (Å²) in [7, 11) is 3.29. The fourth-order valence-electron chi connectivity index (χ4n) is 4.71. The number of nitrogens with zero attached hydrogens (tertiary/aromatic N) is 1. The zero-order chi connectivity index (χ0) is 23.8. The highest BCUT2D eigenvalue weighted by atomic mass is 35.5. The van der Waals surface area contributed by atoms with Gasteiger partial charge < -0.3 is 19.4 Å². The number of carbonyl (C=O) groups is 2. The van der Waals surface area contributed by atoms with Crippen molar-refractivity contribution in [3.05, 3.63) is 69.9 Å². The number of halogens is 1. The first kappa shape index (κ1) is 23.3. The largest absolute Gasteiger partial charge is 0.468 e. The molecule has 1 aliphatic heterocycles. The van der Waals surface area contributed by atoms with Crippen LogP contribution in [0.1, 0.15) is 53.0 Å². The van der Waals surface area contributed by atoms with Crippen LogP contribution in [0.3, 0.4) is 0 Å². The van der Waals surface area contributed by atoms with Gasteiger partial charge in [0.05, 0.1) is 29.1 Å². The number of aryl methyl sites for hydroxylation is 2. The predicted octanol–water partition coefficient (Wildman–Crippen LogP) is 4.85. The van der Waals surface area contributed by atoms with Crippen LogP contribution in [0.2, 0.25) is 5.02 Å². The Hall–Kier alpha value is -2.83. The molecule has 2 aromatic carbocycles. The lowest BCUT2D eigenvalue weighted by molar-refractivity contribution is -0.151. The smallest absolute Gasteiger partial charge is 0.316 e. The van der Waals surface area contributed by atoms with Gasteiger partial charge in [0.1, 0.15) is 5.69 Å². The van der Waals surface area contributed by atoms with Crippen molar-refractivity contribution in [2.75, 3.05) is 20.3 Å². The molecule has 1 amide bonds. The molecule has 0 radical (unpaired) electrons. The number of carbonyl (C=O) groups excluding carboxylic acids is 2. The second kappa shape index (κ2) is 9.20. The van der Waals surface area contributed by atoms with Gasteiger partial charge in [-0.15, -0.1) is 0 Å². The number of fused-ring (bicyclic) bond motifs is 1. The minimum Gasteiger partial charge on any atom is -0.468 e. The summed E-state index contributed by atoms with van der Waals surface area (Å²) in [6, 6.07) is 13.4. The minimum atomic E-state index is -0.682. The number of methoxy groups -OCH3 is 1. The van der Waals surface area contributed by atoms with Crippen molar-refractivity contribution in [3.63, 3.8) is 0 Å². The summed E-state index contributed by atoms with van der Waals surface area (Å²) in [6.07, 6.45) is 1.18. The molecule has 3 aromatic rings. The van der Waals surface area contributed by atoms with Crippen LogP contribution < -0.4 is 5.32 Å². The number of esters is 1. The van der Waals surface area contributed by atoms with E-state index < -0.39 is 5.41 Å². The van der Waals surface area contributed by atoms with Crippen LogP contribution in [0.5, 0.6) is 0 Å². The van der Waals surface area contributed by atoms with E-state index in [2.05, 4.69) is 5.32 Å². The van der Waals surface area contributed by atoms with E-state index in [-0.39, 0.29) is 17.9 Å². The highest BCUT2D eigenvalue weighted by Crippen LogP contribution is 2.36. The van der Waals surface area contributed by atoms with Crippen molar-refractivity contribution in [2.45, 2.75) is 38.1 Å². The van der Waals surface area contributed by atoms with E-state index in [0.29, 0.717) is 36.8 Å². The van der Waals surface area contributed by atoms with Gasteiger partial charge in [-0.3, -0.25) is 9.59 Å².